The molecule has 1 aliphatic rings. The minimum atomic E-state index is 0.196. The Hall–Kier alpha value is 0.450. The van der Waals surface area contributed by atoms with E-state index in [1.165, 1.54) is 0 Å². The second kappa shape index (κ2) is 5.40. The molecule has 88 valence electrons. The Kier molecular flexibility index (Phi) is 4.35. The zero-order chi connectivity index (χ0) is 11.7. The summed E-state index contributed by atoms with van der Waals surface area (Å²) in [5.41, 5.74) is 0. The summed E-state index contributed by atoms with van der Waals surface area (Å²) in [7, 11) is 2.07. The van der Waals surface area contributed by atoms with Crippen LogP contribution in [-0.2, 0) is 0 Å². The van der Waals surface area contributed by atoms with Crippen molar-refractivity contribution in [2.45, 2.75) is 6.04 Å². The number of thioether (sulfide) groups is 1. The molecule has 16 heavy (non-hydrogen) atoms. The van der Waals surface area contributed by atoms with Crippen molar-refractivity contribution in [2.75, 3.05) is 25.1 Å². The maximum atomic E-state index is 5.98. The Morgan fingerprint density at radius 3 is 2.56 bits per heavy atom. The minimum absolute atomic E-state index is 0.196. The Bertz CT molecular complexity index is 381. The van der Waals surface area contributed by atoms with Crippen molar-refractivity contribution < 1.29 is 0 Å². The topological polar surface area (TPSA) is 29.0 Å². The maximum absolute atomic E-state index is 5.98. The van der Waals surface area contributed by atoms with Crippen molar-refractivity contribution in [3.05, 3.63) is 20.6 Å². The van der Waals surface area contributed by atoms with Crippen molar-refractivity contribution in [3.63, 3.8) is 0 Å². The van der Waals surface area contributed by atoms with E-state index in [9.17, 15) is 0 Å². The highest BCUT2D eigenvalue weighted by Gasteiger charge is 2.25. The summed E-state index contributed by atoms with van der Waals surface area (Å²) in [6.45, 7) is 1.03. The number of rotatable bonds is 1. The smallest absolute Gasteiger partial charge is 0.149 e. The van der Waals surface area contributed by atoms with Gasteiger partial charge in [0.15, 0.2) is 0 Å². The van der Waals surface area contributed by atoms with Crippen molar-refractivity contribution in [1.82, 2.24) is 14.9 Å². The summed E-state index contributed by atoms with van der Waals surface area (Å²) in [5, 5.41) is 0.748. The molecule has 0 spiro atoms. The minimum Gasteiger partial charge on any atom is -0.295 e. The molecular formula is C9H10BrCl2N3S. The standard InChI is InChI=1S/C9H10BrCl2N3S/c1-15-2-3-16-4-5(15)9-13-7(11)6(10)8(12)14-9/h5H,2-4H2,1H3. The first-order valence-electron chi connectivity index (χ1n) is 4.76. The highest BCUT2D eigenvalue weighted by atomic mass is 79.9. The molecule has 1 aromatic rings. The van der Waals surface area contributed by atoms with Crippen molar-refractivity contribution >= 4 is 50.9 Å². The van der Waals surface area contributed by atoms with Crippen molar-refractivity contribution in [3.8, 4) is 0 Å². The van der Waals surface area contributed by atoms with Crippen LogP contribution < -0.4 is 0 Å². The van der Waals surface area contributed by atoms with Crippen LogP contribution in [0.2, 0.25) is 10.3 Å². The largest absolute Gasteiger partial charge is 0.295 e. The molecule has 0 amide bonds. The number of nitrogens with zero attached hydrogens (tertiary/aromatic N) is 3. The molecule has 1 unspecified atom stereocenters. The Morgan fingerprint density at radius 1 is 1.38 bits per heavy atom. The summed E-state index contributed by atoms with van der Waals surface area (Å²) in [6.07, 6.45) is 0. The summed E-state index contributed by atoms with van der Waals surface area (Å²) in [5.74, 6) is 2.82. The summed E-state index contributed by atoms with van der Waals surface area (Å²) >= 11 is 17.1. The van der Waals surface area contributed by atoms with Crippen LogP contribution in [0.1, 0.15) is 11.9 Å². The van der Waals surface area contributed by atoms with Gasteiger partial charge >= 0.3 is 0 Å². The zero-order valence-electron chi connectivity index (χ0n) is 8.58. The molecule has 1 atom stereocenters. The van der Waals surface area contributed by atoms with E-state index in [0.717, 1.165) is 18.1 Å². The van der Waals surface area contributed by atoms with E-state index in [2.05, 4.69) is 37.8 Å². The van der Waals surface area contributed by atoms with Gasteiger partial charge in [0.05, 0.1) is 10.5 Å². The van der Waals surface area contributed by atoms with E-state index in [1.54, 1.807) is 0 Å². The molecule has 2 heterocycles. The van der Waals surface area contributed by atoms with E-state index < -0.39 is 0 Å². The molecule has 1 fully saturated rings. The summed E-state index contributed by atoms with van der Waals surface area (Å²) in [6, 6.07) is 0.196. The van der Waals surface area contributed by atoms with E-state index in [0.29, 0.717) is 20.6 Å². The first-order valence-corrected chi connectivity index (χ1v) is 7.46. The normalized spacial score (nSPS) is 22.4. The Balaban J connectivity index is 2.32. The molecule has 0 N–H and O–H groups in total. The molecule has 2 rings (SSSR count). The van der Waals surface area contributed by atoms with Gasteiger partial charge in [-0.3, -0.25) is 4.90 Å². The molecule has 0 saturated carbocycles. The average molecular weight is 343 g/mol. The SMILES string of the molecule is CN1CCSCC1c1nc(Cl)c(Br)c(Cl)n1. The Morgan fingerprint density at radius 2 is 2.00 bits per heavy atom. The van der Waals surface area contributed by atoms with Crippen LogP contribution in [0, 0.1) is 0 Å². The van der Waals surface area contributed by atoms with Gasteiger partial charge in [0.1, 0.15) is 16.1 Å². The second-order valence-electron chi connectivity index (χ2n) is 3.55. The van der Waals surface area contributed by atoms with E-state index in [1.807, 2.05) is 11.8 Å². The number of aromatic nitrogens is 2. The van der Waals surface area contributed by atoms with Gasteiger partial charge in [-0.2, -0.15) is 11.8 Å². The fraction of sp³-hybridized carbons (Fsp3) is 0.556. The molecule has 1 aromatic heterocycles. The lowest BCUT2D eigenvalue weighted by atomic mass is 10.2. The average Bonchev–Trinajstić information content (AvgIpc) is 2.26. The molecule has 0 aliphatic carbocycles. The van der Waals surface area contributed by atoms with Gasteiger partial charge in [0, 0.05) is 18.1 Å². The maximum Gasteiger partial charge on any atom is 0.149 e. The number of halogens is 3. The molecular weight excluding hydrogens is 333 g/mol. The van der Waals surface area contributed by atoms with Gasteiger partial charge in [-0.25, -0.2) is 9.97 Å². The van der Waals surface area contributed by atoms with Crippen LogP contribution >= 0.6 is 50.9 Å². The first kappa shape index (κ1) is 12.9. The number of hydrogen-bond acceptors (Lipinski definition) is 4. The van der Waals surface area contributed by atoms with E-state index in [4.69, 9.17) is 23.2 Å². The third-order valence-corrected chi connectivity index (χ3v) is 5.26. The van der Waals surface area contributed by atoms with Gasteiger partial charge in [-0.05, 0) is 23.0 Å². The molecule has 3 nitrogen and oxygen atoms in total. The highest BCUT2D eigenvalue weighted by molar-refractivity contribution is 9.10. The molecule has 1 aliphatic heterocycles. The Labute approximate surface area is 117 Å². The highest BCUT2D eigenvalue weighted by Crippen LogP contribution is 2.32. The molecule has 0 radical (unpaired) electrons. The van der Waals surface area contributed by atoms with Gasteiger partial charge in [-0.15, -0.1) is 0 Å². The van der Waals surface area contributed by atoms with Crippen LogP contribution in [0.15, 0.2) is 4.47 Å². The van der Waals surface area contributed by atoms with Crippen LogP contribution in [0.3, 0.4) is 0 Å². The lowest BCUT2D eigenvalue weighted by molar-refractivity contribution is 0.264. The summed E-state index contributed by atoms with van der Waals surface area (Å²) < 4.78 is 0.561. The third kappa shape index (κ3) is 2.64. The summed E-state index contributed by atoms with van der Waals surface area (Å²) in [4.78, 5) is 10.8. The van der Waals surface area contributed by atoms with Gasteiger partial charge in [-0.1, -0.05) is 23.2 Å². The molecule has 0 bridgehead atoms. The van der Waals surface area contributed by atoms with E-state index in [-0.39, 0.29) is 6.04 Å². The molecule has 7 heteroatoms. The fourth-order valence-electron chi connectivity index (χ4n) is 1.52. The van der Waals surface area contributed by atoms with Crippen molar-refractivity contribution in [2.24, 2.45) is 0 Å². The molecule has 0 aromatic carbocycles. The van der Waals surface area contributed by atoms with Gasteiger partial charge < -0.3 is 0 Å². The fourth-order valence-corrected chi connectivity index (χ4v) is 3.31. The lowest BCUT2D eigenvalue weighted by Crippen LogP contribution is -2.33. The van der Waals surface area contributed by atoms with Crippen molar-refractivity contribution in [1.29, 1.82) is 0 Å². The van der Waals surface area contributed by atoms with Crippen LogP contribution in [0.4, 0.5) is 0 Å². The third-order valence-electron chi connectivity index (χ3n) is 2.48. The van der Waals surface area contributed by atoms with Crippen LogP contribution in [-0.4, -0.2) is 40.0 Å². The predicted octanol–water partition coefficient (Wildman–Crippen LogP) is 3.27. The second-order valence-corrected chi connectivity index (χ2v) is 6.21. The van der Waals surface area contributed by atoms with Gasteiger partial charge in [0.2, 0.25) is 0 Å². The quantitative estimate of drug-likeness (QED) is 0.732. The predicted molar refractivity (Wildman–Crippen MR) is 72.4 cm³/mol. The first-order chi connectivity index (χ1) is 7.59. The zero-order valence-corrected chi connectivity index (χ0v) is 12.5. The van der Waals surface area contributed by atoms with E-state index >= 15 is 0 Å². The van der Waals surface area contributed by atoms with Crippen LogP contribution in [0.25, 0.3) is 0 Å². The van der Waals surface area contributed by atoms with Crippen LogP contribution in [0.5, 0.6) is 0 Å². The van der Waals surface area contributed by atoms with Gasteiger partial charge in [0.25, 0.3) is 0 Å². The lowest BCUT2D eigenvalue weighted by Gasteiger charge is -2.30. The number of hydrogen-bond donors (Lipinski definition) is 0. The monoisotopic (exact) mass is 341 g/mol. The molecule has 1 saturated heterocycles.